The Morgan fingerprint density at radius 2 is 2.05 bits per heavy atom. The maximum absolute atomic E-state index is 12.3. The summed E-state index contributed by atoms with van der Waals surface area (Å²) in [6.07, 6.45) is 7.14. The van der Waals surface area contributed by atoms with Crippen LogP contribution >= 0.6 is 11.8 Å². The molecule has 2 rings (SSSR count). The normalized spacial score (nSPS) is 18.5. The van der Waals surface area contributed by atoms with E-state index in [0.717, 1.165) is 39.1 Å². The Morgan fingerprint density at radius 3 is 2.68 bits per heavy atom. The van der Waals surface area contributed by atoms with Gasteiger partial charge in [0.15, 0.2) is 0 Å². The Hall–Kier alpha value is -1.01. The van der Waals surface area contributed by atoms with Crippen molar-refractivity contribution in [1.29, 1.82) is 0 Å². The third-order valence-electron chi connectivity index (χ3n) is 4.19. The van der Waals surface area contributed by atoms with Gasteiger partial charge in [-0.2, -0.15) is 16.9 Å². The molecule has 1 aromatic heterocycles. The lowest BCUT2D eigenvalue weighted by molar-refractivity contribution is -0.130. The van der Waals surface area contributed by atoms with E-state index in [-0.39, 0.29) is 11.2 Å². The monoisotopic (exact) mass is 324 g/mol. The summed E-state index contributed by atoms with van der Waals surface area (Å²) in [4.78, 5) is 16.8. The van der Waals surface area contributed by atoms with Crippen molar-refractivity contribution in [2.75, 3.05) is 32.4 Å². The first kappa shape index (κ1) is 17.3. The molecule has 0 aromatic carbocycles. The predicted octanol–water partition coefficient (Wildman–Crippen LogP) is 2.25. The van der Waals surface area contributed by atoms with Crippen molar-refractivity contribution in [3.63, 3.8) is 0 Å². The van der Waals surface area contributed by atoms with Crippen LogP contribution < -0.4 is 0 Å². The molecule has 0 spiro atoms. The summed E-state index contributed by atoms with van der Waals surface area (Å²) in [7, 11) is 0. The Bertz CT molecular complexity index is 488. The van der Waals surface area contributed by atoms with Gasteiger partial charge in [0.05, 0.1) is 11.4 Å². The molecule has 0 N–H and O–H groups in total. The van der Waals surface area contributed by atoms with Gasteiger partial charge in [-0.25, -0.2) is 0 Å². The Labute approximate surface area is 138 Å². The van der Waals surface area contributed by atoms with Crippen LogP contribution in [0.15, 0.2) is 12.4 Å². The lowest BCUT2D eigenvalue weighted by Gasteiger charge is -2.24. The van der Waals surface area contributed by atoms with Crippen LogP contribution in [0.1, 0.15) is 38.8 Å². The van der Waals surface area contributed by atoms with E-state index < -0.39 is 0 Å². The van der Waals surface area contributed by atoms with E-state index in [1.807, 2.05) is 29.0 Å². The van der Waals surface area contributed by atoms with Crippen LogP contribution in [0.5, 0.6) is 0 Å². The number of thioether (sulfide) groups is 1. The van der Waals surface area contributed by atoms with E-state index in [4.69, 9.17) is 0 Å². The van der Waals surface area contributed by atoms with Crippen LogP contribution in [0.4, 0.5) is 0 Å². The molecule has 1 aromatic rings. The van der Waals surface area contributed by atoms with Gasteiger partial charge in [0.1, 0.15) is 0 Å². The van der Waals surface area contributed by atoms with Gasteiger partial charge >= 0.3 is 0 Å². The van der Waals surface area contributed by atoms with Gasteiger partial charge in [0.25, 0.3) is 0 Å². The summed E-state index contributed by atoms with van der Waals surface area (Å²) < 4.78 is 2.00. The summed E-state index contributed by atoms with van der Waals surface area (Å²) in [6, 6.07) is 0.402. The maximum Gasteiger partial charge on any atom is 0.235 e. The lowest BCUT2D eigenvalue weighted by atomic mass is 10.3. The van der Waals surface area contributed by atoms with E-state index in [9.17, 15) is 4.79 Å². The van der Waals surface area contributed by atoms with Crippen molar-refractivity contribution in [1.82, 2.24) is 19.6 Å². The molecule has 1 aliphatic heterocycles. The highest BCUT2D eigenvalue weighted by atomic mass is 32.2. The molecule has 2 heterocycles. The standard InChI is InChI=1S/C16H28N4OS/c1-13(2)20-12-15(10-17-20)11-18-6-5-7-19(9-8-18)16(21)14(3)22-4/h10,12-14H,5-9,11H2,1-4H3/t14-/m0/s1. The molecule has 1 aliphatic rings. The van der Waals surface area contributed by atoms with Gasteiger partial charge in [-0.05, 0) is 33.4 Å². The zero-order valence-electron chi connectivity index (χ0n) is 14.2. The predicted molar refractivity (Wildman–Crippen MR) is 92.1 cm³/mol. The minimum absolute atomic E-state index is 0.0656. The second-order valence-corrected chi connectivity index (χ2v) is 7.43. The molecular formula is C16H28N4OS. The van der Waals surface area contributed by atoms with Crippen molar-refractivity contribution >= 4 is 17.7 Å². The molecule has 22 heavy (non-hydrogen) atoms. The second-order valence-electron chi connectivity index (χ2n) is 6.26. The van der Waals surface area contributed by atoms with Crippen molar-refractivity contribution in [3.05, 3.63) is 18.0 Å². The molecule has 6 heteroatoms. The van der Waals surface area contributed by atoms with Crippen LogP contribution in [0.2, 0.25) is 0 Å². The third kappa shape index (κ3) is 4.49. The first-order chi connectivity index (χ1) is 10.5. The Morgan fingerprint density at radius 1 is 1.27 bits per heavy atom. The molecule has 0 aliphatic carbocycles. The molecule has 1 amide bonds. The van der Waals surface area contributed by atoms with Crippen LogP contribution in [0.3, 0.4) is 0 Å². The molecule has 124 valence electrons. The molecule has 0 saturated carbocycles. The molecule has 1 atom stereocenters. The Balaban J connectivity index is 1.88. The quantitative estimate of drug-likeness (QED) is 0.833. The van der Waals surface area contributed by atoms with Gasteiger partial charge in [-0.1, -0.05) is 0 Å². The molecule has 0 bridgehead atoms. The van der Waals surface area contributed by atoms with E-state index in [0.29, 0.717) is 6.04 Å². The number of carbonyl (C=O) groups excluding carboxylic acids is 1. The van der Waals surface area contributed by atoms with Gasteiger partial charge in [-0.15, -0.1) is 0 Å². The zero-order valence-corrected chi connectivity index (χ0v) is 15.0. The highest BCUT2D eigenvalue weighted by molar-refractivity contribution is 7.99. The van der Waals surface area contributed by atoms with Crippen LogP contribution in [0, 0.1) is 0 Å². The largest absolute Gasteiger partial charge is 0.340 e. The van der Waals surface area contributed by atoms with Gasteiger partial charge < -0.3 is 4.90 Å². The molecule has 0 unspecified atom stereocenters. The first-order valence-corrected chi connectivity index (χ1v) is 9.37. The first-order valence-electron chi connectivity index (χ1n) is 8.08. The summed E-state index contributed by atoms with van der Waals surface area (Å²) >= 11 is 1.63. The highest BCUT2D eigenvalue weighted by Gasteiger charge is 2.22. The number of carbonyl (C=O) groups is 1. The number of amides is 1. The Kier molecular flexibility index (Phi) is 6.32. The topological polar surface area (TPSA) is 41.4 Å². The summed E-state index contributed by atoms with van der Waals surface area (Å²) in [6.45, 7) is 10.9. The van der Waals surface area contributed by atoms with Gasteiger partial charge in [0.2, 0.25) is 5.91 Å². The number of hydrogen-bond acceptors (Lipinski definition) is 4. The number of aromatic nitrogens is 2. The summed E-state index contributed by atoms with van der Waals surface area (Å²) in [5, 5.41) is 4.47. The number of hydrogen-bond donors (Lipinski definition) is 0. The van der Waals surface area contributed by atoms with Gasteiger partial charge in [0, 0.05) is 50.5 Å². The number of nitrogens with zero attached hydrogens (tertiary/aromatic N) is 4. The van der Waals surface area contributed by atoms with E-state index in [1.54, 1.807) is 11.8 Å². The molecule has 1 fully saturated rings. The minimum Gasteiger partial charge on any atom is -0.340 e. The fourth-order valence-corrected chi connectivity index (χ4v) is 3.06. The fourth-order valence-electron chi connectivity index (χ4n) is 2.71. The van der Waals surface area contributed by atoms with Crippen LogP contribution in [-0.4, -0.2) is 63.2 Å². The average Bonchev–Trinajstić information content (AvgIpc) is 2.85. The average molecular weight is 324 g/mol. The second kappa shape index (κ2) is 8.02. The minimum atomic E-state index is 0.0656. The van der Waals surface area contributed by atoms with E-state index in [1.165, 1.54) is 5.56 Å². The summed E-state index contributed by atoms with van der Waals surface area (Å²) in [5.41, 5.74) is 1.26. The van der Waals surface area contributed by atoms with Crippen LogP contribution in [0.25, 0.3) is 0 Å². The summed E-state index contributed by atoms with van der Waals surface area (Å²) in [5.74, 6) is 0.280. The molecule has 0 radical (unpaired) electrons. The van der Waals surface area contributed by atoms with Crippen LogP contribution in [-0.2, 0) is 11.3 Å². The van der Waals surface area contributed by atoms with Crippen molar-refractivity contribution in [3.8, 4) is 0 Å². The van der Waals surface area contributed by atoms with E-state index >= 15 is 0 Å². The van der Waals surface area contributed by atoms with Crippen molar-refractivity contribution in [2.45, 2.75) is 45.0 Å². The smallest absolute Gasteiger partial charge is 0.235 e. The third-order valence-corrected chi connectivity index (χ3v) is 5.10. The van der Waals surface area contributed by atoms with Crippen molar-refractivity contribution < 1.29 is 4.79 Å². The molecular weight excluding hydrogens is 296 g/mol. The maximum atomic E-state index is 12.3. The fraction of sp³-hybridized carbons (Fsp3) is 0.750. The molecule has 1 saturated heterocycles. The lowest BCUT2D eigenvalue weighted by Crippen LogP contribution is -2.39. The SMILES string of the molecule is CS[C@@H](C)C(=O)N1CCCN(Cc2cnn(C(C)C)c2)CC1. The molecule has 5 nitrogen and oxygen atoms in total. The van der Waals surface area contributed by atoms with Gasteiger partial charge in [-0.3, -0.25) is 14.4 Å². The number of rotatable bonds is 5. The van der Waals surface area contributed by atoms with Crippen molar-refractivity contribution in [2.24, 2.45) is 0 Å². The van der Waals surface area contributed by atoms with E-state index in [2.05, 4.69) is 30.0 Å². The zero-order chi connectivity index (χ0) is 16.1. The highest BCUT2D eigenvalue weighted by Crippen LogP contribution is 2.14.